The second-order valence-electron chi connectivity index (χ2n) is 16.0. The summed E-state index contributed by atoms with van der Waals surface area (Å²) >= 11 is 0. The van der Waals surface area contributed by atoms with Crippen LogP contribution in [0, 0.1) is 5.92 Å². The van der Waals surface area contributed by atoms with Crippen LogP contribution in [-0.4, -0.2) is 84.0 Å². The number of amides is 4. The fourth-order valence-corrected chi connectivity index (χ4v) is 8.93. The Morgan fingerprint density at radius 1 is 0.911 bits per heavy atom. The van der Waals surface area contributed by atoms with Crippen LogP contribution >= 0.6 is 0 Å². The molecule has 6 heterocycles. The number of urea groups is 1. The Bertz CT molecular complexity index is 2450. The Hall–Kier alpha value is -5.76. The van der Waals surface area contributed by atoms with Gasteiger partial charge in [0, 0.05) is 78.7 Å². The number of nitrogens with zero attached hydrogens (tertiary/aromatic N) is 8. The maximum atomic E-state index is 13.6. The van der Waals surface area contributed by atoms with Crippen molar-refractivity contribution in [1.82, 2.24) is 39.2 Å². The molecule has 4 aliphatic rings. The molecule has 0 atom stereocenters. The highest BCUT2D eigenvalue weighted by molar-refractivity contribution is 6.08. The lowest BCUT2D eigenvalue weighted by atomic mass is 9.84. The van der Waals surface area contributed by atoms with Gasteiger partial charge in [0.15, 0.2) is 11.5 Å². The number of aromatic nitrogens is 6. The fraction of sp³-hybridized carbons (Fsp3) is 0.429. The number of rotatable bonds is 10. The van der Waals surface area contributed by atoms with E-state index in [1.807, 2.05) is 30.3 Å². The molecule has 0 unspecified atom stereocenters. The number of carbonyl (C=O) groups excluding carboxylic acids is 3. The van der Waals surface area contributed by atoms with Crippen LogP contribution < -0.4 is 20.3 Å². The van der Waals surface area contributed by atoms with Gasteiger partial charge in [-0.05, 0) is 113 Å². The van der Waals surface area contributed by atoms with Crippen LogP contribution in [0.1, 0.15) is 86.6 Å². The molecule has 0 bridgehead atoms. The Labute approximate surface area is 323 Å². The number of anilines is 2. The predicted octanol–water partition coefficient (Wildman–Crippen LogP) is 6.73. The minimum Gasteiger partial charge on any atom is -0.490 e. The van der Waals surface area contributed by atoms with Gasteiger partial charge in [-0.1, -0.05) is 0 Å². The van der Waals surface area contributed by atoms with Crippen molar-refractivity contribution < 1.29 is 19.1 Å². The molecule has 4 fully saturated rings. The summed E-state index contributed by atoms with van der Waals surface area (Å²) in [6, 6.07) is 16.3. The highest BCUT2D eigenvalue weighted by atomic mass is 16.5. The van der Waals surface area contributed by atoms with Crippen molar-refractivity contribution in [1.29, 1.82) is 0 Å². The van der Waals surface area contributed by atoms with Crippen molar-refractivity contribution >= 4 is 56.8 Å². The number of piperidine rings is 1. The van der Waals surface area contributed by atoms with Gasteiger partial charge in [-0.2, -0.15) is 14.7 Å². The van der Waals surface area contributed by atoms with E-state index in [-0.39, 0.29) is 23.9 Å². The Morgan fingerprint density at radius 2 is 1.77 bits per heavy atom. The summed E-state index contributed by atoms with van der Waals surface area (Å²) < 4.78 is 12.4. The summed E-state index contributed by atoms with van der Waals surface area (Å²) in [7, 11) is 0. The first kappa shape index (κ1) is 34.7. The van der Waals surface area contributed by atoms with Gasteiger partial charge in [0.25, 0.3) is 5.91 Å². The smallest absolute Gasteiger partial charge is 0.328 e. The third kappa shape index (κ3) is 6.86. The quantitative estimate of drug-likeness (QED) is 0.157. The fourth-order valence-electron chi connectivity index (χ4n) is 8.93. The van der Waals surface area contributed by atoms with Crippen molar-refractivity contribution in [3.8, 4) is 5.75 Å². The first-order valence-corrected chi connectivity index (χ1v) is 20.2. The maximum absolute atomic E-state index is 13.6. The maximum Gasteiger partial charge on any atom is 0.328 e. The first-order valence-electron chi connectivity index (χ1n) is 20.2. The zero-order chi connectivity index (χ0) is 37.8. The summed E-state index contributed by atoms with van der Waals surface area (Å²) in [5.74, 6) is 1.32. The lowest BCUT2D eigenvalue weighted by Gasteiger charge is -2.35. The Kier molecular flexibility index (Phi) is 8.92. The Morgan fingerprint density at radius 3 is 2.59 bits per heavy atom. The zero-order valence-corrected chi connectivity index (χ0v) is 31.3. The molecule has 0 radical (unpaired) electrons. The van der Waals surface area contributed by atoms with Crippen LogP contribution in [0.4, 0.5) is 16.3 Å². The third-order valence-corrected chi connectivity index (χ3v) is 12.3. The van der Waals surface area contributed by atoms with Crippen molar-refractivity contribution in [2.24, 2.45) is 5.92 Å². The predicted molar refractivity (Wildman–Crippen MR) is 212 cm³/mol. The molecule has 288 valence electrons. The zero-order valence-electron chi connectivity index (χ0n) is 31.3. The van der Waals surface area contributed by atoms with E-state index in [1.165, 1.54) is 24.8 Å². The standard InChI is InChI=1S/C42H46N10O4/c53-40-15-21-50(42(55)46-40)32-7-10-36-28(22-32)12-20-49(36)30-13-18-48(19-14-30)17-11-27-3-5-31(6-4-27)51-26-29-23-34(37(24-35(29)47-51)56-33-8-9-33)41(54)45-39-25-43-38-2-1-16-44-52(38)39/h1-2,7,10,12,16,20,22-27,30-31,33H,3-6,8-9,11,13-15,17-19,21H2,(H,45,54)(H,46,53,55). The van der Waals surface area contributed by atoms with E-state index in [4.69, 9.17) is 9.84 Å². The number of imidazole rings is 1. The minimum absolute atomic E-state index is 0.141. The molecule has 2 aliphatic carbocycles. The van der Waals surface area contributed by atoms with E-state index in [0.29, 0.717) is 47.8 Å². The molecule has 4 aromatic heterocycles. The van der Waals surface area contributed by atoms with Gasteiger partial charge >= 0.3 is 6.03 Å². The molecular formula is C42H46N10O4. The van der Waals surface area contributed by atoms with Gasteiger partial charge < -0.3 is 19.5 Å². The van der Waals surface area contributed by atoms with Gasteiger partial charge in [-0.25, -0.2) is 9.78 Å². The topological polar surface area (TPSA) is 144 Å². The molecule has 2 saturated carbocycles. The second-order valence-corrected chi connectivity index (χ2v) is 16.0. The number of imide groups is 1. The molecule has 14 heteroatoms. The molecule has 6 aromatic rings. The van der Waals surface area contributed by atoms with Crippen molar-refractivity contribution in [2.45, 2.75) is 82.4 Å². The van der Waals surface area contributed by atoms with Gasteiger partial charge in [0.05, 0.1) is 29.4 Å². The van der Waals surface area contributed by atoms with Crippen molar-refractivity contribution in [3.63, 3.8) is 0 Å². The van der Waals surface area contributed by atoms with E-state index in [2.05, 4.69) is 65.5 Å². The van der Waals surface area contributed by atoms with Crippen LogP contribution in [0.25, 0.3) is 27.5 Å². The number of nitrogens with one attached hydrogen (secondary N) is 2. The molecular weight excluding hydrogens is 709 g/mol. The average molecular weight is 755 g/mol. The third-order valence-electron chi connectivity index (χ3n) is 12.3. The number of carbonyl (C=O) groups is 3. The molecule has 10 rings (SSSR count). The Balaban J connectivity index is 0.729. The first-order chi connectivity index (χ1) is 27.4. The highest BCUT2D eigenvalue weighted by Gasteiger charge is 2.30. The normalized spacial score (nSPS) is 21.2. The van der Waals surface area contributed by atoms with E-state index in [0.717, 1.165) is 86.1 Å². The number of benzene rings is 2. The van der Waals surface area contributed by atoms with E-state index < -0.39 is 0 Å². The van der Waals surface area contributed by atoms with Crippen LogP contribution in [0.15, 0.2) is 73.3 Å². The number of hydrogen-bond donors (Lipinski definition) is 2. The lowest BCUT2D eigenvalue weighted by Crippen LogP contribution is -2.49. The average Bonchev–Trinajstić information content (AvgIpc) is 3.58. The van der Waals surface area contributed by atoms with Crippen LogP contribution in [0.5, 0.6) is 5.75 Å². The second kappa shape index (κ2) is 14.4. The van der Waals surface area contributed by atoms with E-state index in [1.54, 1.807) is 21.8 Å². The number of ether oxygens (including phenoxy) is 1. The molecule has 2 aromatic carbocycles. The lowest BCUT2D eigenvalue weighted by molar-refractivity contribution is -0.120. The molecule has 2 saturated heterocycles. The molecule has 2 aliphatic heterocycles. The molecule has 4 amide bonds. The summed E-state index contributed by atoms with van der Waals surface area (Å²) in [6.45, 7) is 3.75. The van der Waals surface area contributed by atoms with Gasteiger partial charge in [-0.15, -0.1) is 0 Å². The molecule has 14 nitrogen and oxygen atoms in total. The summed E-state index contributed by atoms with van der Waals surface area (Å²) in [5, 5.41) is 16.8. The van der Waals surface area contributed by atoms with Gasteiger partial charge in [0.2, 0.25) is 5.91 Å². The minimum atomic E-state index is -0.349. The SMILES string of the molecule is O=C1CCN(c2ccc3c(ccn3C3CCN(CCC4CCC(n5cc6cc(C(=O)Nc7cnc8cccnn78)c(OC7CC7)cc6n5)CC4)CC3)c2)C(=O)N1. The highest BCUT2D eigenvalue weighted by Crippen LogP contribution is 2.37. The van der Waals surface area contributed by atoms with Crippen molar-refractivity contribution in [2.75, 3.05) is 36.4 Å². The summed E-state index contributed by atoms with van der Waals surface area (Å²) in [4.78, 5) is 46.2. The van der Waals surface area contributed by atoms with Crippen LogP contribution in [0.3, 0.4) is 0 Å². The van der Waals surface area contributed by atoms with Gasteiger partial charge in [-0.3, -0.25) is 24.5 Å². The molecule has 0 spiro atoms. The van der Waals surface area contributed by atoms with Crippen LogP contribution in [-0.2, 0) is 4.79 Å². The monoisotopic (exact) mass is 754 g/mol. The summed E-state index contributed by atoms with van der Waals surface area (Å²) in [5.41, 5.74) is 4.02. The number of fused-ring (bicyclic) bond motifs is 3. The van der Waals surface area contributed by atoms with Crippen LogP contribution in [0.2, 0.25) is 0 Å². The van der Waals surface area contributed by atoms with E-state index in [9.17, 15) is 14.4 Å². The van der Waals surface area contributed by atoms with E-state index >= 15 is 0 Å². The molecule has 56 heavy (non-hydrogen) atoms. The van der Waals surface area contributed by atoms with Gasteiger partial charge in [0.1, 0.15) is 5.75 Å². The molecule has 2 N–H and O–H groups in total. The summed E-state index contributed by atoms with van der Waals surface area (Å²) in [6.07, 6.45) is 18.1. The number of hydrogen-bond acceptors (Lipinski definition) is 8. The van der Waals surface area contributed by atoms with Crippen molar-refractivity contribution in [3.05, 3.63) is 78.9 Å². The largest absolute Gasteiger partial charge is 0.490 e. The number of likely N-dealkylation sites (tertiary alicyclic amines) is 1.